The van der Waals surface area contributed by atoms with Crippen LogP contribution in [0.25, 0.3) is 0 Å². The Morgan fingerprint density at radius 1 is 1.19 bits per heavy atom. The van der Waals surface area contributed by atoms with Gasteiger partial charge in [-0.1, -0.05) is 24.3 Å². The zero-order chi connectivity index (χ0) is 18.6. The van der Waals surface area contributed by atoms with Crippen LogP contribution in [0.3, 0.4) is 0 Å². The number of hydrogen-bond acceptors (Lipinski definition) is 5. The molecule has 6 nitrogen and oxygen atoms in total. The molecule has 2 aromatic rings. The van der Waals surface area contributed by atoms with Crippen LogP contribution in [0.1, 0.15) is 11.1 Å². The van der Waals surface area contributed by atoms with E-state index in [1.807, 2.05) is 42.6 Å². The molecule has 1 N–H and O–H groups in total. The minimum Gasteiger partial charge on any atom is -0.492 e. The van der Waals surface area contributed by atoms with Crippen LogP contribution >= 0.6 is 0 Å². The van der Waals surface area contributed by atoms with Crippen LogP contribution < -0.4 is 15.0 Å². The van der Waals surface area contributed by atoms with Crippen LogP contribution in [0.2, 0.25) is 0 Å². The van der Waals surface area contributed by atoms with Gasteiger partial charge in [0.25, 0.3) is 0 Å². The van der Waals surface area contributed by atoms with E-state index in [1.54, 1.807) is 0 Å². The first-order valence-electron chi connectivity index (χ1n) is 9.56. The Kier molecular flexibility index (Phi) is 5.25. The Morgan fingerprint density at radius 2 is 2.00 bits per heavy atom. The number of amides is 1. The van der Waals surface area contributed by atoms with E-state index in [1.165, 1.54) is 0 Å². The maximum Gasteiger partial charge on any atom is 0.227 e. The van der Waals surface area contributed by atoms with Gasteiger partial charge in [-0.25, -0.2) is 4.98 Å². The molecular formula is C21H26N4O2. The first kappa shape index (κ1) is 17.8. The second-order valence-electron chi connectivity index (χ2n) is 7.35. The first-order chi connectivity index (χ1) is 13.2. The molecule has 0 saturated carbocycles. The van der Waals surface area contributed by atoms with Crippen molar-refractivity contribution in [2.24, 2.45) is 5.92 Å². The molecule has 0 radical (unpaired) electrons. The number of nitrogens with zero attached hydrogens (tertiary/aromatic N) is 3. The van der Waals surface area contributed by atoms with Gasteiger partial charge in [-0.2, -0.15) is 0 Å². The molecular weight excluding hydrogens is 340 g/mol. The number of hydrogen-bond donors (Lipinski definition) is 1. The van der Waals surface area contributed by atoms with Crippen molar-refractivity contribution in [2.75, 3.05) is 44.7 Å². The maximum absolute atomic E-state index is 12.5. The first-order valence-corrected chi connectivity index (χ1v) is 9.56. The number of piperazine rings is 1. The van der Waals surface area contributed by atoms with E-state index in [0.29, 0.717) is 13.2 Å². The number of aromatic nitrogens is 1. The van der Waals surface area contributed by atoms with E-state index in [9.17, 15) is 4.79 Å². The van der Waals surface area contributed by atoms with Gasteiger partial charge < -0.3 is 19.9 Å². The van der Waals surface area contributed by atoms with Crippen molar-refractivity contribution >= 4 is 11.7 Å². The lowest BCUT2D eigenvalue weighted by molar-refractivity contribution is -0.126. The number of carbonyl (C=O) groups is 1. The van der Waals surface area contributed by atoms with Gasteiger partial charge in [0.2, 0.25) is 5.91 Å². The predicted octanol–water partition coefficient (Wildman–Crippen LogP) is 1.70. The van der Waals surface area contributed by atoms with Crippen molar-refractivity contribution in [3.8, 4) is 5.75 Å². The highest BCUT2D eigenvalue weighted by molar-refractivity contribution is 5.79. The maximum atomic E-state index is 12.5. The molecule has 1 amide bonds. The number of rotatable bonds is 4. The van der Waals surface area contributed by atoms with Crippen LogP contribution in [-0.2, 0) is 17.8 Å². The zero-order valence-electron chi connectivity index (χ0n) is 15.7. The van der Waals surface area contributed by atoms with Gasteiger partial charge in [0, 0.05) is 38.9 Å². The molecule has 1 saturated heterocycles. The lowest BCUT2D eigenvalue weighted by atomic mass is 9.96. The van der Waals surface area contributed by atoms with Crippen LogP contribution in [0.5, 0.6) is 5.75 Å². The highest BCUT2D eigenvalue weighted by Gasteiger charge is 2.25. The van der Waals surface area contributed by atoms with Crippen molar-refractivity contribution in [1.29, 1.82) is 0 Å². The summed E-state index contributed by atoms with van der Waals surface area (Å²) in [5, 5.41) is 3.03. The van der Waals surface area contributed by atoms with Gasteiger partial charge >= 0.3 is 0 Å². The number of ether oxygens (including phenoxy) is 1. The fraction of sp³-hybridized carbons (Fsp3) is 0.429. The smallest absolute Gasteiger partial charge is 0.227 e. The second kappa shape index (κ2) is 7.96. The standard InChI is InChI=1S/C21H26N4O2/c1-24-8-10-25(11-9-24)20-7-6-16(13-22-20)14-23-21(26)18-12-17-4-2-3-5-19(17)27-15-18/h2-7,13,18H,8-12,14-15H2,1H3,(H,23,26). The van der Waals surface area contributed by atoms with Crippen LogP contribution in [0, 0.1) is 5.92 Å². The summed E-state index contributed by atoms with van der Waals surface area (Å²) in [6, 6.07) is 12.0. The summed E-state index contributed by atoms with van der Waals surface area (Å²) in [5.74, 6) is 1.80. The molecule has 1 unspecified atom stereocenters. The summed E-state index contributed by atoms with van der Waals surface area (Å²) >= 11 is 0. The molecule has 1 atom stereocenters. The summed E-state index contributed by atoms with van der Waals surface area (Å²) in [5.41, 5.74) is 2.11. The van der Waals surface area contributed by atoms with Gasteiger partial charge in [0.1, 0.15) is 18.2 Å². The highest BCUT2D eigenvalue weighted by Crippen LogP contribution is 2.26. The molecule has 2 aliphatic rings. The van der Waals surface area contributed by atoms with Gasteiger partial charge in [-0.3, -0.25) is 4.79 Å². The Bertz CT molecular complexity index is 785. The van der Waals surface area contributed by atoms with Gasteiger partial charge in [-0.05, 0) is 36.7 Å². The molecule has 2 aliphatic heterocycles. The summed E-state index contributed by atoms with van der Waals surface area (Å²) in [6.07, 6.45) is 2.59. The summed E-state index contributed by atoms with van der Waals surface area (Å²) in [4.78, 5) is 21.7. The number of para-hydroxylation sites is 1. The average molecular weight is 366 g/mol. The number of carbonyl (C=O) groups excluding carboxylic acids is 1. The molecule has 0 spiro atoms. The van der Waals surface area contributed by atoms with Crippen LogP contribution in [0.15, 0.2) is 42.6 Å². The van der Waals surface area contributed by atoms with Crippen molar-refractivity contribution < 1.29 is 9.53 Å². The lowest BCUT2D eigenvalue weighted by Gasteiger charge is -2.33. The van der Waals surface area contributed by atoms with E-state index < -0.39 is 0 Å². The lowest BCUT2D eigenvalue weighted by Crippen LogP contribution is -2.44. The van der Waals surface area contributed by atoms with E-state index in [4.69, 9.17) is 4.74 Å². The molecule has 6 heteroatoms. The van der Waals surface area contributed by atoms with E-state index >= 15 is 0 Å². The fourth-order valence-electron chi connectivity index (χ4n) is 3.57. The molecule has 1 aromatic heterocycles. The Balaban J connectivity index is 1.29. The average Bonchev–Trinajstić information content (AvgIpc) is 2.72. The Morgan fingerprint density at radius 3 is 2.78 bits per heavy atom. The molecule has 4 rings (SSSR count). The number of benzene rings is 1. The molecule has 1 fully saturated rings. The Labute approximate surface area is 160 Å². The van der Waals surface area contributed by atoms with Crippen LogP contribution in [0.4, 0.5) is 5.82 Å². The van der Waals surface area contributed by atoms with Crippen molar-refractivity contribution in [3.05, 3.63) is 53.7 Å². The highest BCUT2D eigenvalue weighted by atomic mass is 16.5. The SMILES string of the molecule is CN1CCN(c2ccc(CNC(=O)C3COc4ccccc4C3)cn2)CC1. The zero-order valence-corrected chi connectivity index (χ0v) is 15.7. The van der Waals surface area contributed by atoms with Gasteiger partial charge in [0.05, 0.1) is 5.92 Å². The van der Waals surface area contributed by atoms with Gasteiger partial charge in [0.15, 0.2) is 0 Å². The molecule has 3 heterocycles. The molecule has 27 heavy (non-hydrogen) atoms. The van der Waals surface area contributed by atoms with E-state index in [-0.39, 0.29) is 11.8 Å². The summed E-state index contributed by atoms with van der Waals surface area (Å²) in [6.45, 7) is 5.06. The van der Waals surface area contributed by atoms with Crippen molar-refractivity contribution in [3.63, 3.8) is 0 Å². The summed E-state index contributed by atoms with van der Waals surface area (Å²) < 4.78 is 5.72. The number of likely N-dealkylation sites (N-methyl/N-ethyl adjacent to an activating group) is 1. The number of fused-ring (bicyclic) bond motifs is 1. The van der Waals surface area contributed by atoms with Crippen LogP contribution in [-0.4, -0.2) is 55.6 Å². The van der Waals surface area contributed by atoms with Gasteiger partial charge in [-0.15, -0.1) is 0 Å². The normalized spacial score (nSPS) is 19.9. The largest absolute Gasteiger partial charge is 0.492 e. The Hall–Kier alpha value is -2.60. The number of anilines is 1. The van der Waals surface area contributed by atoms with Crippen molar-refractivity contribution in [1.82, 2.24) is 15.2 Å². The third-order valence-corrected chi connectivity index (χ3v) is 5.35. The molecule has 0 aliphatic carbocycles. The number of pyridine rings is 1. The van der Waals surface area contributed by atoms with E-state index in [0.717, 1.165) is 55.3 Å². The minimum atomic E-state index is -0.141. The number of nitrogens with one attached hydrogen (secondary N) is 1. The monoisotopic (exact) mass is 366 g/mol. The third kappa shape index (κ3) is 4.22. The molecule has 0 bridgehead atoms. The third-order valence-electron chi connectivity index (χ3n) is 5.35. The fourth-order valence-corrected chi connectivity index (χ4v) is 3.57. The molecule has 1 aromatic carbocycles. The minimum absolute atomic E-state index is 0.0349. The van der Waals surface area contributed by atoms with Crippen molar-refractivity contribution in [2.45, 2.75) is 13.0 Å². The molecule has 142 valence electrons. The van der Waals surface area contributed by atoms with E-state index in [2.05, 4.69) is 27.1 Å². The quantitative estimate of drug-likeness (QED) is 0.893. The second-order valence-corrected chi connectivity index (χ2v) is 7.35. The summed E-state index contributed by atoms with van der Waals surface area (Å²) in [7, 11) is 2.15. The topological polar surface area (TPSA) is 57.7 Å². The predicted molar refractivity (Wildman–Crippen MR) is 105 cm³/mol.